The summed E-state index contributed by atoms with van der Waals surface area (Å²) in [5, 5.41) is 6.56. The van der Waals surface area contributed by atoms with E-state index in [1.54, 1.807) is 18.2 Å². The molecule has 2 atom stereocenters. The minimum atomic E-state index is -0.764. The Morgan fingerprint density at radius 2 is 1.60 bits per heavy atom. The van der Waals surface area contributed by atoms with Crippen LogP contribution in [-0.2, 0) is 9.59 Å². The molecule has 3 aromatic rings. The molecule has 226 valence electrons. The third-order valence-electron chi connectivity index (χ3n) is 8.51. The number of para-hydroxylation sites is 1. The Morgan fingerprint density at radius 3 is 2.26 bits per heavy atom. The van der Waals surface area contributed by atoms with Gasteiger partial charge in [-0.1, -0.05) is 62.4 Å². The van der Waals surface area contributed by atoms with Gasteiger partial charge in [-0.05, 0) is 74.4 Å². The van der Waals surface area contributed by atoms with Crippen molar-refractivity contribution in [3.63, 3.8) is 0 Å². The van der Waals surface area contributed by atoms with Crippen molar-refractivity contribution < 1.29 is 19.1 Å². The number of piperidine rings is 1. The summed E-state index contributed by atoms with van der Waals surface area (Å²) in [4.78, 5) is 44.3. The monoisotopic (exact) mass is 582 g/mol. The van der Waals surface area contributed by atoms with Crippen LogP contribution in [0.25, 0.3) is 0 Å². The van der Waals surface area contributed by atoms with Crippen LogP contribution in [-0.4, -0.2) is 59.2 Å². The number of carbonyl (C=O) groups is 3. The number of hydrogen-bond donors (Lipinski definition) is 2. The largest absolute Gasteiger partial charge is 0.457 e. The highest BCUT2D eigenvalue weighted by molar-refractivity contribution is 6.10. The van der Waals surface area contributed by atoms with Crippen molar-refractivity contribution in [3.05, 3.63) is 89.0 Å². The molecule has 2 N–H and O–H groups in total. The molecule has 5 rings (SSSR count). The number of benzene rings is 3. The van der Waals surface area contributed by atoms with Gasteiger partial charge in [0.15, 0.2) is 0 Å². The van der Waals surface area contributed by atoms with Crippen molar-refractivity contribution >= 4 is 23.4 Å². The van der Waals surface area contributed by atoms with Crippen LogP contribution in [0.3, 0.4) is 0 Å². The van der Waals surface area contributed by atoms with Crippen LogP contribution in [0, 0.1) is 19.8 Å². The zero-order chi connectivity index (χ0) is 30.7. The topological polar surface area (TPSA) is 91.0 Å². The number of fused-ring (bicyclic) bond motifs is 1. The van der Waals surface area contributed by atoms with Gasteiger partial charge in [-0.15, -0.1) is 0 Å². The minimum absolute atomic E-state index is 0.114. The van der Waals surface area contributed by atoms with Crippen molar-refractivity contribution in [2.75, 3.05) is 25.0 Å². The van der Waals surface area contributed by atoms with E-state index in [-0.39, 0.29) is 36.2 Å². The van der Waals surface area contributed by atoms with Crippen LogP contribution in [0.15, 0.2) is 66.7 Å². The lowest BCUT2D eigenvalue weighted by molar-refractivity contribution is -0.139. The number of rotatable bonds is 8. The molecule has 8 heteroatoms. The molecule has 0 aliphatic carbocycles. The van der Waals surface area contributed by atoms with Crippen molar-refractivity contribution in [1.82, 2.24) is 15.1 Å². The molecule has 0 bridgehead atoms. The molecular formula is C35H42N4O4. The van der Waals surface area contributed by atoms with E-state index in [1.807, 2.05) is 69.0 Å². The number of aryl methyl sites for hydroxylation is 2. The Labute approximate surface area is 254 Å². The standard InChI is InChI=1S/C35H42N4O4/c1-22(2)32(35(42)38-18-16-27(17-19-38)36-25(5)26-12-7-6-8-13-26)39-21-31(40)37-30-15-14-28(20-29(30)34(39)41)43-33-23(3)10-9-11-24(33)4/h6-15,20,22,25,27,32,36H,16-19,21H2,1-5H3,(H,37,40)/t25-,32-/m1/s1. The summed E-state index contributed by atoms with van der Waals surface area (Å²) in [5.74, 6) is 0.237. The molecule has 1 saturated heterocycles. The van der Waals surface area contributed by atoms with E-state index in [2.05, 4.69) is 29.7 Å². The van der Waals surface area contributed by atoms with Crippen molar-refractivity contribution in [1.29, 1.82) is 0 Å². The lowest BCUT2D eigenvalue weighted by Gasteiger charge is -2.39. The number of anilines is 1. The molecule has 43 heavy (non-hydrogen) atoms. The Bertz CT molecular complexity index is 1460. The van der Waals surface area contributed by atoms with Gasteiger partial charge in [-0.2, -0.15) is 0 Å². The second kappa shape index (κ2) is 13.0. The molecule has 3 amide bonds. The molecule has 2 aliphatic rings. The maximum absolute atomic E-state index is 14.1. The molecule has 1 fully saturated rings. The second-order valence-corrected chi connectivity index (χ2v) is 12.1. The molecule has 2 heterocycles. The van der Waals surface area contributed by atoms with Gasteiger partial charge in [-0.3, -0.25) is 14.4 Å². The van der Waals surface area contributed by atoms with Gasteiger partial charge in [0.1, 0.15) is 24.1 Å². The van der Waals surface area contributed by atoms with Gasteiger partial charge < -0.3 is 25.2 Å². The van der Waals surface area contributed by atoms with Crippen LogP contribution in [0.2, 0.25) is 0 Å². The number of amides is 3. The van der Waals surface area contributed by atoms with Crippen molar-refractivity contribution in [3.8, 4) is 11.5 Å². The molecule has 0 aromatic heterocycles. The lowest BCUT2D eigenvalue weighted by atomic mass is 9.96. The van der Waals surface area contributed by atoms with Crippen molar-refractivity contribution in [2.45, 2.75) is 65.6 Å². The van der Waals surface area contributed by atoms with Crippen LogP contribution < -0.4 is 15.4 Å². The Hall–Kier alpha value is -4.17. The summed E-state index contributed by atoms with van der Waals surface area (Å²) < 4.78 is 6.21. The lowest BCUT2D eigenvalue weighted by Crippen LogP contribution is -2.56. The summed E-state index contributed by atoms with van der Waals surface area (Å²) >= 11 is 0. The third-order valence-corrected chi connectivity index (χ3v) is 8.51. The molecule has 8 nitrogen and oxygen atoms in total. The molecule has 0 unspecified atom stereocenters. The SMILES string of the molecule is Cc1cccc(C)c1Oc1ccc2c(c1)C(=O)N([C@@H](C(=O)N1CCC(N[C@H](C)c3ccccc3)CC1)C(C)C)CC(=O)N2. The van der Waals surface area contributed by atoms with E-state index in [9.17, 15) is 14.4 Å². The first-order valence-electron chi connectivity index (χ1n) is 15.2. The second-order valence-electron chi connectivity index (χ2n) is 12.1. The predicted octanol–water partition coefficient (Wildman–Crippen LogP) is 5.86. The maximum Gasteiger partial charge on any atom is 0.257 e. The first kappa shape index (κ1) is 30.3. The molecule has 3 aromatic carbocycles. The Balaban J connectivity index is 1.32. The van der Waals surface area contributed by atoms with Gasteiger partial charge in [-0.25, -0.2) is 0 Å². The first-order chi connectivity index (χ1) is 20.6. The number of carbonyl (C=O) groups excluding carboxylic acids is 3. The highest BCUT2D eigenvalue weighted by atomic mass is 16.5. The average molecular weight is 583 g/mol. The Morgan fingerprint density at radius 1 is 0.930 bits per heavy atom. The van der Waals surface area contributed by atoms with Gasteiger partial charge in [0.05, 0.1) is 11.3 Å². The highest BCUT2D eigenvalue weighted by Crippen LogP contribution is 2.33. The first-order valence-corrected chi connectivity index (χ1v) is 15.2. The summed E-state index contributed by atoms with van der Waals surface area (Å²) in [7, 11) is 0. The van der Waals surface area contributed by atoms with E-state index in [1.165, 1.54) is 10.5 Å². The normalized spacial score (nSPS) is 17.3. The summed E-state index contributed by atoms with van der Waals surface area (Å²) in [6, 6.07) is 21.1. The number of ether oxygens (including phenoxy) is 1. The van der Waals surface area contributed by atoms with Gasteiger partial charge in [0.25, 0.3) is 5.91 Å². The zero-order valence-electron chi connectivity index (χ0n) is 25.7. The molecule has 0 radical (unpaired) electrons. The van der Waals surface area contributed by atoms with E-state index in [0.717, 1.165) is 29.7 Å². The number of nitrogens with zero attached hydrogens (tertiary/aromatic N) is 2. The average Bonchev–Trinajstić information content (AvgIpc) is 3.11. The van der Waals surface area contributed by atoms with Gasteiger partial charge >= 0.3 is 0 Å². The maximum atomic E-state index is 14.1. The van der Waals surface area contributed by atoms with Crippen LogP contribution in [0.4, 0.5) is 5.69 Å². The van der Waals surface area contributed by atoms with E-state index < -0.39 is 6.04 Å². The number of nitrogens with one attached hydrogen (secondary N) is 2. The fraction of sp³-hybridized carbons (Fsp3) is 0.400. The molecular weight excluding hydrogens is 540 g/mol. The van der Waals surface area contributed by atoms with Crippen molar-refractivity contribution in [2.24, 2.45) is 5.92 Å². The third kappa shape index (κ3) is 6.75. The highest BCUT2D eigenvalue weighted by Gasteiger charge is 2.40. The van der Waals surface area contributed by atoms with E-state index in [0.29, 0.717) is 36.1 Å². The van der Waals surface area contributed by atoms with E-state index >= 15 is 0 Å². The van der Waals surface area contributed by atoms with Crippen LogP contribution in [0.5, 0.6) is 11.5 Å². The molecule has 0 spiro atoms. The molecule has 0 saturated carbocycles. The quantitative estimate of drug-likeness (QED) is 0.347. The summed E-state index contributed by atoms with van der Waals surface area (Å²) in [6.45, 7) is 11.0. The van der Waals surface area contributed by atoms with E-state index in [4.69, 9.17) is 4.74 Å². The predicted molar refractivity (Wildman–Crippen MR) is 168 cm³/mol. The van der Waals surface area contributed by atoms with Gasteiger partial charge in [0, 0.05) is 25.2 Å². The van der Waals surface area contributed by atoms with Gasteiger partial charge in [0.2, 0.25) is 11.8 Å². The fourth-order valence-corrected chi connectivity index (χ4v) is 6.17. The Kier molecular flexibility index (Phi) is 9.16. The minimum Gasteiger partial charge on any atom is -0.457 e. The fourth-order valence-electron chi connectivity index (χ4n) is 6.17. The molecule has 2 aliphatic heterocycles. The zero-order valence-corrected chi connectivity index (χ0v) is 25.7. The number of hydrogen-bond acceptors (Lipinski definition) is 5. The van der Waals surface area contributed by atoms with Crippen LogP contribution >= 0.6 is 0 Å². The smallest absolute Gasteiger partial charge is 0.257 e. The summed E-state index contributed by atoms with van der Waals surface area (Å²) in [5.41, 5.74) is 3.93. The summed E-state index contributed by atoms with van der Waals surface area (Å²) in [6.07, 6.45) is 1.65. The number of likely N-dealkylation sites (tertiary alicyclic amines) is 1. The van der Waals surface area contributed by atoms with Crippen LogP contribution in [0.1, 0.15) is 66.7 Å².